The maximum Gasteiger partial charge on any atom is 0.225 e. The smallest absolute Gasteiger partial charge is 0.225 e. The van der Waals surface area contributed by atoms with Crippen LogP contribution in [0.2, 0.25) is 0 Å². The van der Waals surface area contributed by atoms with Crippen LogP contribution in [0.25, 0.3) is 0 Å². The minimum absolute atomic E-state index is 0. The zero-order valence-electron chi connectivity index (χ0n) is 18.8. The van der Waals surface area contributed by atoms with Gasteiger partial charge in [-0.15, -0.1) is 24.0 Å². The first-order valence-corrected chi connectivity index (χ1v) is 12.2. The molecule has 2 fully saturated rings. The summed E-state index contributed by atoms with van der Waals surface area (Å²) < 4.78 is 0. The topological polar surface area (TPSA) is 80.2 Å². The fourth-order valence-electron chi connectivity index (χ4n) is 4.19. The van der Waals surface area contributed by atoms with Crippen LogP contribution in [-0.4, -0.2) is 79.1 Å². The molecule has 3 N–H and O–H groups in total. The summed E-state index contributed by atoms with van der Waals surface area (Å²) in [5, 5.41) is 21.2. The quantitative estimate of drug-likeness (QED) is 0.257. The highest BCUT2D eigenvalue weighted by Crippen LogP contribution is 2.27. The monoisotopic (exact) mass is 563 g/mol. The highest BCUT2D eigenvalue weighted by molar-refractivity contribution is 14.0. The number of aliphatic imine (C=N–C) groups is 1. The molecule has 1 saturated heterocycles. The number of piperazine rings is 1. The van der Waals surface area contributed by atoms with Crippen molar-refractivity contribution in [3.8, 4) is 0 Å². The second kappa shape index (κ2) is 13.0. The van der Waals surface area contributed by atoms with Crippen LogP contribution in [0.3, 0.4) is 0 Å². The van der Waals surface area contributed by atoms with Crippen molar-refractivity contribution in [3.63, 3.8) is 0 Å². The van der Waals surface area contributed by atoms with Gasteiger partial charge in [0.05, 0.1) is 6.54 Å². The largest absolute Gasteiger partial charge is 0.383 e. The van der Waals surface area contributed by atoms with Crippen LogP contribution in [0, 0.1) is 5.92 Å². The number of guanidine groups is 1. The molecule has 0 spiro atoms. The predicted molar refractivity (Wildman–Crippen MR) is 138 cm³/mol. The molecule has 1 atom stereocenters. The van der Waals surface area contributed by atoms with Gasteiger partial charge in [-0.2, -0.15) is 11.3 Å². The summed E-state index contributed by atoms with van der Waals surface area (Å²) in [7, 11) is 0. The molecule has 1 aromatic rings. The van der Waals surface area contributed by atoms with Crippen molar-refractivity contribution in [2.24, 2.45) is 10.9 Å². The summed E-state index contributed by atoms with van der Waals surface area (Å²) in [6.07, 6.45) is 4.57. The third kappa shape index (κ3) is 7.87. The van der Waals surface area contributed by atoms with Gasteiger partial charge in [0.25, 0.3) is 0 Å². The summed E-state index contributed by atoms with van der Waals surface area (Å²) in [5.41, 5.74) is -0.0676. The molecule has 2 heterocycles. The number of carbonyl (C=O) groups excluding carboxylic acids is 1. The Hall–Kier alpha value is -0.910. The highest BCUT2D eigenvalue weighted by atomic mass is 127. The minimum atomic E-state index is -0.968. The van der Waals surface area contributed by atoms with Crippen LogP contribution in [0.5, 0.6) is 0 Å². The fraction of sp³-hybridized carbons (Fsp3) is 0.727. The molecule has 0 bridgehead atoms. The Balaban J connectivity index is 0.00000341. The van der Waals surface area contributed by atoms with Crippen molar-refractivity contribution in [2.45, 2.75) is 45.1 Å². The average molecular weight is 564 g/mol. The Morgan fingerprint density at radius 2 is 1.97 bits per heavy atom. The number of amides is 1. The van der Waals surface area contributed by atoms with Gasteiger partial charge in [0.2, 0.25) is 5.91 Å². The number of hydrogen-bond acceptors (Lipinski definition) is 5. The van der Waals surface area contributed by atoms with Gasteiger partial charge in [-0.25, -0.2) is 4.99 Å². The number of thiophene rings is 1. The van der Waals surface area contributed by atoms with E-state index >= 15 is 0 Å². The van der Waals surface area contributed by atoms with Gasteiger partial charge in [0.15, 0.2) is 5.96 Å². The van der Waals surface area contributed by atoms with E-state index in [1.807, 2.05) is 23.8 Å². The molecule has 0 aromatic carbocycles. The molecule has 9 heteroatoms. The molecule has 1 amide bonds. The van der Waals surface area contributed by atoms with E-state index in [0.29, 0.717) is 12.5 Å². The number of rotatable bonds is 8. The van der Waals surface area contributed by atoms with Crippen molar-refractivity contribution >= 4 is 47.2 Å². The predicted octanol–water partition coefficient (Wildman–Crippen LogP) is 2.46. The summed E-state index contributed by atoms with van der Waals surface area (Å²) in [5.74, 6) is 1.39. The molecule has 7 nitrogen and oxygen atoms in total. The number of hydrogen-bond donors (Lipinski definition) is 3. The molecule has 0 radical (unpaired) electrons. The van der Waals surface area contributed by atoms with Gasteiger partial charge in [-0.05, 0) is 49.1 Å². The van der Waals surface area contributed by atoms with Crippen LogP contribution in [0.15, 0.2) is 21.8 Å². The average Bonchev–Trinajstić information content (AvgIpc) is 3.46. The van der Waals surface area contributed by atoms with Gasteiger partial charge in [-0.1, -0.05) is 12.8 Å². The second-order valence-electron chi connectivity index (χ2n) is 8.56. The van der Waals surface area contributed by atoms with Crippen LogP contribution < -0.4 is 10.6 Å². The van der Waals surface area contributed by atoms with E-state index in [1.54, 1.807) is 18.3 Å². The molecule has 1 aliphatic carbocycles. The summed E-state index contributed by atoms with van der Waals surface area (Å²) >= 11 is 1.58. The van der Waals surface area contributed by atoms with Crippen molar-refractivity contribution in [2.75, 3.05) is 52.4 Å². The Morgan fingerprint density at radius 3 is 2.58 bits per heavy atom. The minimum Gasteiger partial charge on any atom is -0.383 e. The lowest BCUT2D eigenvalue weighted by Gasteiger charge is -2.36. The Labute approximate surface area is 207 Å². The first-order chi connectivity index (χ1) is 14.5. The van der Waals surface area contributed by atoms with E-state index in [-0.39, 0.29) is 29.9 Å². The maximum absolute atomic E-state index is 12.6. The van der Waals surface area contributed by atoms with Gasteiger partial charge < -0.3 is 20.6 Å². The van der Waals surface area contributed by atoms with E-state index in [4.69, 9.17) is 0 Å². The van der Waals surface area contributed by atoms with Crippen LogP contribution in [-0.2, 0) is 10.4 Å². The zero-order valence-corrected chi connectivity index (χ0v) is 22.0. The molecule has 2 aliphatic rings. The zero-order chi connectivity index (χ0) is 21.4. The van der Waals surface area contributed by atoms with Crippen LogP contribution >= 0.6 is 35.3 Å². The van der Waals surface area contributed by atoms with E-state index < -0.39 is 5.60 Å². The molecule has 176 valence electrons. The number of halogens is 1. The van der Waals surface area contributed by atoms with E-state index in [1.165, 1.54) is 12.8 Å². The highest BCUT2D eigenvalue weighted by Gasteiger charge is 2.29. The third-order valence-corrected chi connectivity index (χ3v) is 6.82. The Morgan fingerprint density at radius 1 is 1.26 bits per heavy atom. The summed E-state index contributed by atoms with van der Waals surface area (Å²) in [6, 6.07) is 1.94. The van der Waals surface area contributed by atoms with Crippen LogP contribution in [0.1, 0.15) is 45.1 Å². The van der Waals surface area contributed by atoms with Crippen LogP contribution in [0.4, 0.5) is 0 Å². The molecule has 31 heavy (non-hydrogen) atoms. The molecule has 1 aromatic heterocycles. The molecular weight excluding hydrogens is 525 g/mol. The standard InChI is InChI=1S/C22H37N5O2S.HI/c1-3-23-21(25-17-22(2,29)19-8-15-30-16-19)24-9-10-26-11-13-27(14-12-26)20(28)18-6-4-5-7-18;/h8,15-16,18,29H,3-7,9-14,17H2,1-2H3,(H2,23,24,25);1H. The Bertz CT molecular complexity index is 684. The molecule has 1 aliphatic heterocycles. The number of nitrogens with zero attached hydrogens (tertiary/aromatic N) is 3. The normalized spacial score (nSPS) is 20.2. The van der Waals surface area contributed by atoms with Gasteiger partial charge in [0.1, 0.15) is 5.60 Å². The van der Waals surface area contributed by atoms with Crippen molar-refractivity contribution in [3.05, 3.63) is 22.4 Å². The summed E-state index contributed by atoms with van der Waals surface area (Å²) in [4.78, 5) is 21.6. The molecule has 1 unspecified atom stereocenters. The molecular formula is C22H38IN5O2S. The Kier molecular flexibility index (Phi) is 11.0. The lowest BCUT2D eigenvalue weighted by molar-refractivity contribution is -0.137. The lowest BCUT2D eigenvalue weighted by atomic mass is 10.00. The van der Waals surface area contributed by atoms with Crippen molar-refractivity contribution < 1.29 is 9.90 Å². The maximum atomic E-state index is 12.6. The summed E-state index contributed by atoms with van der Waals surface area (Å²) in [6.45, 7) is 10.2. The van der Waals surface area contributed by atoms with Gasteiger partial charge >= 0.3 is 0 Å². The van der Waals surface area contributed by atoms with Crippen molar-refractivity contribution in [1.82, 2.24) is 20.4 Å². The number of carbonyl (C=O) groups is 1. The first kappa shape index (κ1) is 26.3. The third-order valence-electron chi connectivity index (χ3n) is 6.14. The molecule has 3 rings (SSSR count). The fourth-order valence-corrected chi connectivity index (χ4v) is 4.98. The lowest BCUT2D eigenvalue weighted by Crippen LogP contribution is -2.52. The SMILES string of the molecule is CCNC(=NCC(C)(O)c1ccsc1)NCCN1CCN(C(=O)C2CCCC2)CC1.I. The van der Waals surface area contributed by atoms with E-state index in [9.17, 15) is 9.90 Å². The number of aliphatic hydroxyl groups is 1. The second-order valence-corrected chi connectivity index (χ2v) is 9.34. The van der Waals surface area contributed by atoms with Gasteiger partial charge in [-0.3, -0.25) is 9.69 Å². The van der Waals surface area contributed by atoms with E-state index in [0.717, 1.165) is 70.2 Å². The van der Waals surface area contributed by atoms with Crippen molar-refractivity contribution in [1.29, 1.82) is 0 Å². The van der Waals surface area contributed by atoms with Gasteiger partial charge in [0, 0.05) is 51.7 Å². The molecule has 1 saturated carbocycles. The first-order valence-electron chi connectivity index (χ1n) is 11.3. The van der Waals surface area contributed by atoms with E-state index in [2.05, 4.69) is 25.4 Å². The number of nitrogens with one attached hydrogen (secondary N) is 2.